The topological polar surface area (TPSA) is 66.4 Å². The summed E-state index contributed by atoms with van der Waals surface area (Å²) in [6.45, 7) is 18.5. The predicted molar refractivity (Wildman–Crippen MR) is 130 cm³/mol. The molecule has 0 spiro atoms. The number of aliphatic hydroxyl groups is 1. The lowest BCUT2D eigenvalue weighted by molar-refractivity contribution is -0.323. The summed E-state index contributed by atoms with van der Waals surface area (Å²) in [6, 6.07) is 9.83. The van der Waals surface area contributed by atoms with E-state index in [1.807, 2.05) is 58.0 Å². The average Bonchev–Trinajstić information content (AvgIpc) is 3.02. The van der Waals surface area contributed by atoms with Crippen molar-refractivity contribution in [2.75, 3.05) is 6.61 Å². The van der Waals surface area contributed by atoms with Crippen molar-refractivity contribution in [1.29, 1.82) is 0 Å². The first kappa shape index (κ1) is 26.4. The molecule has 1 N–H and O–H groups in total. The van der Waals surface area contributed by atoms with E-state index < -0.39 is 50.4 Å². The van der Waals surface area contributed by atoms with Crippen molar-refractivity contribution in [3.8, 4) is 11.8 Å². The fourth-order valence-corrected chi connectivity index (χ4v) is 4.94. The molecule has 2 fully saturated rings. The summed E-state index contributed by atoms with van der Waals surface area (Å²) in [6.07, 6.45) is -3.15. The highest BCUT2D eigenvalue weighted by atomic mass is 28.4. The van der Waals surface area contributed by atoms with Crippen LogP contribution in [0.15, 0.2) is 30.3 Å². The zero-order chi connectivity index (χ0) is 24.7. The van der Waals surface area contributed by atoms with Gasteiger partial charge in [-0.2, -0.15) is 0 Å². The molecule has 5 atom stereocenters. The first-order chi connectivity index (χ1) is 15.1. The number of rotatable bonds is 4. The monoisotopic (exact) mass is 476 g/mol. The summed E-state index contributed by atoms with van der Waals surface area (Å²) in [5, 5.41) is 10.7. The van der Waals surface area contributed by atoms with E-state index in [2.05, 4.69) is 45.7 Å². The molecule has 2 aliphatic rings. The van der Waals surface area contributed by atoms with Crippen molar-refractivity contribution in [2.45, 2.75) is 109 Å². The molecule has 2 aliphatic heterocycles. The molecular formula is C26H40O6Si. The van der Waals surface area contributed by atoms with Gasteiger partial charge in [0.1, 0.15) is 30.5 Å². The Kier molecular flexibility index (Phi) is 7.53. The van der Waals surface area contributed by atoms with E-state index in [1.54, 1.807) is 0 Å². The summed E-state index contributed by atoms with van der Waals surface area (Å²) < 4.78 is 31.2. The smallest absolute Gasteiger partial charge is 0.193 e. The minimum atomic E-state index is -2.21. The van der Waals surface area contributed by atoms with Crippen molar-refractivity contribution in [2.24, 2.45) is 0 Å². The number of benzene rings is 1. The van der Waals surface area contributed by atoms with Crippen molar-refractivity contribution >= 4 is 8.32 Å². The summed E-state index contributed by atoms with van der Waals surface area (Å²) in [4.78, 5) is 0. The molecule has 6 nitrogen and oxygen atoms in total. The fraction of sp³-hybridized carbons (Fsp3) is 0.692. The third-order valence-electron chi connectivity index (χ3n) is 6.55. The summed E-state index contributed by atoms with van der Waals surface area (Å²) in [5.41, 5.74) is 0.902. The molecule has 0 aromatic heterocycles. The standard InChI is InChI=1S/C26H40O6Si/c1-24(2,3)33(8,9)32-20(16-15-18-13-11-10-12-14-18)22-23(31-26(6,7)30-22)21-19(27)17-28-25(4,5)29-21/h10-14,19-23,27H,17H2,1-9H3/t19-,20-,21-,22-,23+/m1/s1. The Morgan fingerprint density at radius 3 is 2.21 bits per heavy atom. The van der Waals surface area contributed by atoms with Gasteiger partial charge in [-0.3, -0.25) is 0 Å². The normalized spacial score (nSPS) is 30.4. The zero-order valence-corrected chi connectivity index (χ0v) is 22.5. The lowest BCUT2D eigenvalue weighted by atomic mass is 9.98. The van der Waals surface area contributed by atoms with Crippen molar-refractivity contribution in [3.63, 3.8) is 0 Å². The van der Waals surface area contributed by atoms with Crippen LogP contribution in [0.3, 0.4) is 0 Å². The highest BCUT2D eigenvalue weighted by Crippen LogP contribution is 2.41. The Bertz CT molecular complexity index is 864. The summed E-state index contributed by atoms with van der Waals surface area (Å²) >= 11 is 0. The number of hydrogen-bond donors (Lipinski definition) is 1. The van der Waals surface area contributed by atoms with Crippen LogP contribution < -0.4 is 0 Å². The second kappa shape index (κ2) is 9.42. The SMILES string of the molecule is CC1(C)OC[C@@H](O)[C@H]([C@@H]2OC(C)(C)O[C@@H]2[C@@H](C#Cc2ccccc2)O[Si](C)(C)C(C)(C)C)O1. The van der Waals surface area contributed by atoms with Gasteiger partial charge < -0.3 is 28.5 Å². The van der Waals surface area contributed by atoms with E-state index in [0.29, 0.717) is 0 Å². The number of aliphatic hydroxyl groups excluding tert-OH is 1. The maximum atomic E-state index is 10.7. The Balaban J connectivity index is 1.99. The number of ether oxygens (including phenoxy) is 4. The minimum Gasteiger partial charge on any atom is -0.401 e. The molecule has 33 heavy (non-hydrogen) atoms. The van der Waals surface area contributed by atoms with Gasteiger partial charge in [-0.25, -0.2) is 0 Å². The molecule has 2 heterocycles. The first-order valence-corrected chi connectivity index (χ1v) is 14.6. The third kappa shape index (κ3) is 6.46. The molecule has 1 aromatic rings. The molecule has 0 bridgehead atoms. The van der Waals surface area contributed by atoms with Gasteiger partial charge in [0.2, 0.25) is 0 Å². The van der Waals surface area contributed by atoms with Gasteiger partial charge in [0.25, 0.3) is 0 Å². The van der Waals surface area contributed by atoms with Gasteiger partial charge >= 0.3 is 0 Å². The summed E-state index contributed by atoms with van der Waals surface area (Å²) in [5.74, 6) is 4.89. The second-order valence-corrected chi connectivity index (χ2v) is 16.1. The zero-order valence-electron chi connectivity index (χ0n) is 21.5. The van der Waals surface area contributed by atoms with Gasteiger partial charge in [-0.05, 0) is 58.0 Å². The van der Waals surface area contributed by atoms with Crippen LogP contribution in [0.25, 0.3) is 0 Å². The predicted octanol–water partition coefficient (Wildman–Crippen LogP) is 4.46. The maximum absolute atomic E-state index is 10.7. The molecule has 3 rings (SSSR count). The van der Waals surface area contributed by atoms with Gasteiger partial charge in [0.05, 0.1) is 6.61 Å². The minimum absolute atomic E-state index is 0.0131. The van der Waals surface area contributed by atoms with Crippen LogP contribution in [0.5, 0.6) is 0 Å². The lowest BCUT2D eigenvalue weighted by Crippen LogP contribution is -2.58. The molecule has 0 saturated carbocycles. The van der Waals surface area contributed by atoms with Crippen molar-refractivity contribution < 1.29 is 28.5 Å². The van der Waals surface area contributed by atoms with Crippen LogP contribution in [-0.4, -0.2) is 62.1 Å². The van der Waals surface area contributed by atoms with Gasteiger partial charge in [0.15, 0.2) is 19.9 Å². The van der Waals surface area contributed by atoms with E-state index >= 15 is 0 Å². The van der Waals surface area contributed by atoms with Crippen LogP contribution in [0.1, 0.15) is 54.0 Å². The van der Waals surface area contributed by atoms with E-state index in [9.17, 15) is 5.11 Å². The van der Waals surface area contributed by atoms with Crippen LogP contribution in [0.4, 0.5) is 0 Å². The fourth-order valence-electron chi connectivity index (χ4n) is 3.76. The van der Waals surface area contributed by atoms with Crippen LogP contribution in [-0.2, 0) is 23.4 Å². The molecule has 0 aliphatic carbocycles. The van der Waals surface area contributed by atoms with Gasteiger partial charge in [-0.15, -0.1) is 0 Å². The Hall–Kier alpha value is -1.24. The molecule has 2 saturated heterocycles. The summed E-state index contributed by atoms with van der Waals surface area (Å²) in [7, 11) is -2.21. The molecule has 0 unspecified atom stereocenters. The Morgan fingerprint density at radius 1 is 1.00 bits per heavy atom. The Labute approximate surface area is 200 Å². The quantitative estimate of drug-likeness (QED) is 0.511. The second-order valence-electron chi connectivity index (χ2n) is 11.4. The largest absolute Gasteiger partial charge is 0.401 e. The van der Waals surface area contributed by atoms with Crippen LogP contribution in [0, 0.1) is 11.8 Å². The lowest BCUT2D eigenvalue weighted by Gasteiger charge is -2.43. The molecule has 0 amide bonds. The first-order valence-electron chi connectivity index (χ1n) is 11.7. The van der Waals surface area contributed by atoms with Crippen LogP contribution >= 0.6 is 0 Å². The van der Waals surface area contributed by atoms with E-state index in [1.165, 1.54) is 0 Å². The highest BCUT2D eigenvalue weighted by Gasteiger charge is 2.54. The van der Waals surface area contributed by atoms with E-state index in [0.717, 1.165) is 5.56 Å². The van der Waals surface area contributed by atoms with Gasteiger partial charge in [0, 0.05) is 5.56 Å². The van der Waals surface area contributed by atoms with Crippen molar-refractivity contribution in [1.82, 2.24) is 0 Å². The van der Waals surface area contributed by atoms with Crippen LogP contribution in [0.2, 0.25) is 18.1 Å². The van der Waals surface area contributed by atoms with E-state index in [-0.39, 0.29) is 11.6 Å². The molecular weight excluding hydrogens is 436 g/mol. The number of hydrogen-bond acceptors (Lipinski definition) is 6. The Morgan fingerprint density at radius 2 is 1.61 bits per heavy atom. The van der Waals surface area contributed by atoms with E-state index in [4.69, 9.17) is 23.4 Å². The molecule has 7 heteroatoms. The average molecular weight is 477 g/mol. The molecule has 0 radical (unpaired) electrons. The molecule has 184 valence electrons. The van der Waals surface area contributed by atoms with Crippen molar-refractivity contribution in [3.05, 3.63) is 35.9 Å². The third-order valence-corrected chi connectivity index (χ3v) is 11.0. The maximum Gasteiger partial charge on any atom is 0.193 e. The molecule has 1 aromatic carbocycles. The van der Waals surface area contributed by atoms with Gasteiger partial charge in [-0.1, -0.05) is 50.8 Å². The highest BCUT2D eigenvalue weighted by molar-refractivity contribution is 6.74.